The van der Waals surface area contributed by atoms with Crippen molar-refractivity contribution in [2.75, 3.05) is 6.54 Å². The second-order valence-electron chi connectivity index (χ2n) is 3.92. The number of hydrogen-bond donors (Lipinski definition) is 2. The summed E-state index contributed by atoms with van der Waals surface area (Å²) in [5.74, 6) is -0.974. The molecule has 2 N–H and O–H groups in total. The Labute approximate surface area is 110 Å². The lowest BCUT2D eigenvalue weighted by Crippen LogP contribution is -2.23. The molecule has 0 aliphatic rings. The second kappa shape index (κ2) is 6.12. The van der Waals surface area contributed by atoms with E-state index in [1.165, 1.54) is 12.1 Å². The predicted octanol–water partition coefficient (Wildman–Crippen LogP) is 1.62. The Morgan fingerprint density at radius 3 is 2.67 bits per heavy atom. The molecule has 0 saturated heterocycles. The lowest BCUT2D eigenvalue weighted by Gasteiger charge is -2.01. The van der Waals surface area contributed by atoms with Gasteiger partial charge in [0.1, 0.15) is 4.21 Å². The summed E-state index contributed by atoms with van der Waals surface area (Å²) in [5, 5.41) is 8.62. The highest BCUT2D eigenvalue weighted by molar-refractivity contribution is 7.91. The first-order chi connectivity index (χ1) is 8.31. The predicted molar refractivity (Wildman–Crippen MR) is 70.3 cm³/mol. The molecule has 0 unspecified atom stereocenters. The van der Waals surface area contributed by atoms with Crippen LogP contribution in [0.25, 0.3) is 0 Å². The first kappa shape index (κ1) is 14.9. The van der Waals surface area contributed by atoms with E-state index in [1.54, 1.807) is 6.08 Å². The maximum atomic E-state index is 11.8. The van der Waals surface area contributed by atoms with Gasteiger partial charge < -0.3 is 5.11 Å². The van der Waals surface area contributed by atoms with E-state index in [-0.39, 0.29) is 17.2 Å². The second-order valence-corrected chi connectivity index (χ2v) is 7.09. The van der Waals surface area contributed by atoms with Gasteiger partial charge in [0.25, 0.3) is 0 Å². The summed E-state index contributed by atoms with van der Waals surface area (Å²) in [7, 11) is -3.54. The fraction of sp³-hybridized carbons (Fsp3) is 0.364. The molecular formula is C11H15NO4S2. The lowest BCUT2D eigenvalue weighted by molar-refractivity contribution is -0.136. The minimum atomic E-state index is -3.54. The maximum absolute atomic E-state index is 11.8. The quantitative estimate of drug-likeness (QED) is 0.779. The SMILES string of the molecule is CC(C)=CCNS(=O)(=O)c1ccc(CC(=O)O)s1. The van der Waals surface area contributed by atoms with Gasteiger partial charge in [-0.1, -0.05) is 11.6 Å². The van der Waals surface area contributed by atoms with Crippen LogP contribution in [-0.4, -0.2) is 26.0 Å². The van der Waals surface area contributed by atoms with Crippen molar-refractivity contribution >= 4 is 27.3 Å². The van der Waals surface area contributed by atoms with Crippen molar-refractivity contribution in [3.05, 3.63) is 28.7 Å². The molecule has 0 aliphatic carbocycles. The van der Waals surface area contributed by atoms with E-state index < -0.39 is 16.0 Å². The van der Waals surface area contributed by atoms with E-state index in [0.717, 1.165) is 16.9 Å². The van der Waals surface area contributed by atoms with Crippen molar-refractivity contribution < 1.29 is 18.3 Å². The summed E-state index contributed by atoms with van der Waals surface area (Å²) in [5.41, 5.74) is 1.02. The van der Waals surface area contributed by atoms with E-state index in [2.05, 4.69) is 4.72 Å². The minimum Gasteiger partial charge on any atom is -0.481 e. The topological polar surface area (TPSA) is 83.5 Å². The van der Waals surface area contributed by atoms with Crippen LogP contribution in [0.1, 0.15) is 18.7 Å². The summed E-state index contributed by atoms with van der Waals surface area (Å²) in [4.78, 5) is 11.0. The molecule has 7 heteroatoms. The van der Waals surface area contributed by atoms with E-state index in [9.17, 15) is 13.2 Å². The first-order valence-corrected chi connectivity index (χ1v) is 7.55. The molecule has 0 atom stereocenters. The normalized spacial score (nSPS) is 11.2. The molecule has 0 aromatic carbocycles. The number of thiophene rings is 1. The van der Waals surface area contributed by atoms with Crippen LogP contribution >= 0.6 is 11.3 Å². The number of nitrogens with one attached hydrogen (secondary N) is 1. The third kappa shape index (κ3) is 4.59. The van der Waals surface area contributed by atoms with E-state index >= 15 is 0 Å². The van der Waals surface area contributed by atoms with Crippen molar-refractivity contribution in [1.82, 2.24) is 4.72 Å². The zero-order chi connectivity index (χ0) is 13.8. The van der Waals surface area contributed by atoms with Crippen molar-refractivity contribution in [2.45, 2.75) is 24.5 Å². The molecule has 1 rings (SSSR count). The summed E-state index contributed by atoms with van der Waals surface area (Å²) in [6.07, 6.45) is 1.61. The highest BCUT2D eigenvalue weighted by Gasteiger charge is 2.16. The Balaban J connectivity index is 2.76. The van der Waals surface area contributed by atoms with Gasteiger partial charge in [0.15, 0.2) is 0 Å². The van der Waals surface area contributed by atoms with Crippen LogP contribution in [0.3, 0.4) is 0 Å². The average molecular weight is 289 g/mol. The van der Waals surface area contributed by atoms with Crippen LogP contribution in [-0.2, 0) is 21.2 Å². The summed E-state index contributed by atoms with van der Waals surface area (Å²) in [6.45, 7) is 3.99. The first-order valence-electron chi connectivity index (χ1n) is 5.25. The zero-order valence-electron chi connectivity index (χ0n) is 10.1. The molecule has 0 spiro atoms. The number of allylic oxidation sites excluding steroid dienone is 1. The van der Waals surface area contributed by atoms with Gasteiger partial charge in [-0.15, -0.1) is 11.3 Å². The van der Waals surface area contributed by atoms with Gasteiger partial charge in [-0.05, 0) is 26.0 Å². The monoisotopic (exact) mass is 289 g/mol. The molecule has 18 heavy (non-hydrogen) atoms. The van der Waals surface area contributed by atoms with Gasteiger partial charge in [-0.25, -0.2) is 13.1 Å². The van der Waals surface area contributed by atoms with Gasteiger partial charge >= 0.3 is 5.97 Å². The standard InChI is InChI=1S/C11H15NO4S2/c1-8(2)5-6-12-18(15,16)11-4-3-9(17-11)7-10(13)14/h3-5,12H,6-7H2,1-2H3,(H,13,14). The van der Waals surface area contributed by atoms with E-state index in [1.807, 2.05) is 13.8 Å². The molecule has 1 aromatic heterocycles. The van der Waals surface area contributed by atoms with Crippen LogP contribution in [0.15, 0.2) is 28.0 Å². The Morgan fingerprint density at radius 1 is 1.44 bits per heavy atom. The van der Waals surface area contributed by atoms with Crippen molar-refractivity contribution in [1.29, 1.82) is 0 Å². The fourth-order valence-electron chi connectivity index (χ4n) is 1.17. The number of carboxylic acids is 1. The zero-order valence-corrected chi connectivity index (χ0v) is 11.8. The van der Waals surface area contributed by atoms with Crippen LogP contribution in [0.2, 0.25) is 0 Å². The van der Waals surface area contributed by atoms with Crippen molar-refractivity contribution in [3.8, 4) is 0 Å². The molecule has 0 aliphatic heterocycles. The highest BCUT2D eigenvalue weighted by atomic mass is 32.2. The fourth-order valence-corrected chi connectivity index (χ4v) is 3.53. The van der Waals surface area contributed by atoms with Gasteiger partial charge in [0.2, 0.25) is 10.0 Å². The number of sulfonamides is 1. The highest BCUT2D eigenvalue weighted by Crippen LogP contribution is 2.21. The lowest BCUT2D eigenvalue weighted by atomic mass is 10.3. The Bertz CT molecular complexity index is 553. The summed E-state index contributed by atoms with van der Waals surface area (Å²) >= 11 is 0.975. The number of hydrogen-bond acceptors (Lipinski definition) is 4. The smallest absolute Gasteiger partial charge is 0.308 e. The summed E-state index contributed by atoms with van der Waals surface area (Å²) < 4.78 is 26.2. The molecule has 100 valence electrons. The largest absolute Gasteiger partial charge is 0.481 e. The van der Waals surface area contributed by atoms with Crippen LogP contribution in [0.4, 0.5) is 0 Å². The molecule has 1 aromatic rings. The number of rotatable bonds is 6. The third-order valence-electron chi connectivity index (χ3n) is 2.01. The molecule has 0 bridgehead atoms. The minimum absolute atomic E-state index is 0.140. The van der Waals surface area contributed by atoms with Crippen molar-refractivity contribution in [2.24, 2.45) is 0 Å². The van der Waals surface area contributed by atoms with Gasteiger partial charge in [-0.2, -0.15) is 0 Å². The van der Waals surface area contributed by atoms with Crippen LogP contribution in [0, 0.1) is 0 Å². The molecule has 0 fully saturated rings. The van der Waals surface area contributed by atoms with Crippen LogP contribution in [0.5, 0.6) is 0 Å². The van der Waals surface area contributed by atoms with Gasteiger partial charge in [0, 0.05) is 11.4 Å². The molecule has 0 saturated carbocycles. The van der Waals surface area contributed by atoms with Crippen molar-refractivity contribution in [3.63, 3.8) is 0 Å². The molecule has 5 nitrogen and oxygen atoms in total. The van der Waals surface area contributed by atoms with Crippen LogP contribution < -0.4 is 4.72 Å². The summed E-state index contributed by atoms with van der Waals surface area (Å²) in [6, 6.07) is 2.95. The van der Waals surface area contributed by atoms with Gasteiger partial charge in [0.05, 0.1) is 6.42 Å². The number of carboxylic acid groups (broad SMARTS) is 1. The Kier molecular flexibility index (Phi) is 5.06. The Morgan fingerprint density at radius 2 is 2.11 bits per heavy atom. The number of aliphatic carboxylic acids is 1. The average Bonchev–Trinajstić information content (AvgIpc) is 2.64. The third-order valence-corrected chi connectivity index (χ3v) is 5.01. The number of carbonyl (C=O) groups is 1. The van der Waals surface area contributed by atoms with E-state index in [4.69, 9.17) is 5.11 Å². The molecule has 1 heterocycles. The van der Waals surface area contributed by atoms with E-state index in [0.29, 0.717) is 4.88 Å². The molecule has 0 radical (unpaired) electrons. The molecule has 0 amide bonds. The Hall–Kier alpha value is -1.18. The molecular weight excluding hydrogens is 274 g/mol. The maximum Gasteiger partial charge on any atom is 0.308 e. The van der Waals surface area contributed by atoms with Gasteiger partial charge in [-0.3, -0.25) is 4.79 Å².